The van der Waals surface area contributed by atoms with Crippen molar-refractivity contribution in [1.29, 1.82) is 0 Å². The van der Waals surface area contributed by atoms with Crippen molar-refractivity contribution in [3.8, 4) is 0 Å². The highest BCUT2D eigenvalue weighted by atomic mass is 32.2. The van der Waals surface area contributed by atoms with Crippen molar-refractivity contribution in [3.05, 3.63) is 0 Å². The first kappa shape index (κ1) is 7.38. The Morgan fingerprint density at radius 1 is 1.78 bits per heavy atom. The largest absolute Gasteiger partial charge is 0.392 e. The van der Waals surface area contributed by atoms with Gasteiger partial charge in [0.25, 0.3) is 0 Å². The molecular formula is C6H13NOS. The minimum Gasteiger partial charge on any atom is -0.392 e. The van der Waals surface area contributed by atoms with Gasteiger partial charge in [-0.05, 0) is 12.7 Å². The summed E-state index contributed by atoms with van der Waals surface area (Å²) in [6.45, 7) is 0.783. The Labute approximate surface area is 60.0 Å². The van der Waals surface area contributed by atoms with Crippen molar-refractivity contribution in [3.63, 3.8) is 0 Å². The standard InChI is InChI=1S/C6H13NOS/c1-9-4-5-2-6(8)3-7-5/h5-8H,2-4H2,1H3. The maximum Gasteiger partial charge on any atom is 0.0679 e. The van der Waals surface area contributed by atoms with E-state index in [4.69, 9.17) is 5.11 Å². The van der Waals surface area contributed by atoms with Gasteiger partial charge in [-0.25, -0.2) is 0 Å². The molecule has 0 spiro atoms. The van der Waals surface area contributed by atoms with Gasteiger partial charge in [-0.3, -0.25) is 0 Å². The summed E-state index contributed by atoms with van der Waals surface area (Å²) in [6.07, 6.45) is 2.93. The Bertz CT molecular complexity index is 87.1. The molecule has 2 N–H and O–H groups in total. The molecule has 0 radical (unpaired) electrons. The number of nitrogens with one attached hydrogen (secondary N) is 1. The first-order valence-electron chi connectivity index (χ1n) is 3.23. The maximum atomic E-state index is 9.05. The van der Waals surface area contributed by atoms with Gasteiger partial charge in [0, 0.05) is 18.3 Å². The molecule has 0 aromatic heterocycles. The normalized spacial score (nSPS) is 35.3. The van der Waals surface area contributed by atoms with E-state index in [9.17, 15) is 0 Å². The van der Waals surface area contributed by atoms with Gasteiger partial charge < -0.3 is 10.4 Å². The Hall–Kier alpha value is 0.270. The lowest BCUT2D eigenvalue weighted by Gasteiger charge is -2.05. The van der Waals surface area contributed by atoms with Gasteiger partial charge in [0.05, 0.1) is 6.10 Å². The number of hydrogen-bond acceptors (Lipinski definition) is 3. The fourth-order valence-electron chi connectivity index (χ4n) is 1.13. The second-order valence-electron chi connectivity index (χ2n) is 2.45. The minimum absolute atomic E-state index is 0.0952. The molecule has 0 bridgehead atoms. The van der Waals surface area contributed by atoms with Crippen LogP contribution in [0.25, 0.3) is 0 Å². The first-order valence-corrected chi connectivity index (χ1v) is 4.62. The van der Waals surface area contributed by atoms with Gasteiger partial charge in [-0.15, -0.1) is 0 Å². The molecule has 54 valence electrons. The van der Waals surface area contributed by atoms with Gasteiger partial charge in [0.2, 0.25) is 0 Å². The molecule has 1 rings (SSSR count). The molecule has 2 nitrogen and oxygen atoms in total. The second kappa shape index (κ2) is 3.44. The average molecular weight is 147 g/mol. The summed E-state index contributed by atoms with van der Waals surface area (Å²) in [4.78, 5) is 0. The molecule has 1 saturated heterocycles. The number of aliphatic hydroxyl groups is 1. The molecule has 3 heteroatoms. The summed E-state index contributed by atoms with van der Waals surface area (Å²) in [7, 11) is 0. The lowest BCUT2D eigenvalue weighted by atomic mass is 10.2. The number of aliphatic hydroxyl groups excluding tert-OH is 1. The van der Waals surface area contributed by atoms with Crippen LogP contribution in [0, 0.1) is 0 Å². The lowest BCUT2D eigenvalue weighted by molar-refractivity contribution is 0.194. The summed E-state index contributed by atoms with van der Waals surface area (Å²) in [5.74, 6) is 1.12. The molecule has 9 heavy (non-hydrogen) atoms. The number of hydrogen-bond donors (Lipinski definition) is 2. The van der Waals surface area contributed by atoms with Crippen LogP contribution in [0.5, 0.6) is 0 Å². The van der Waals surface area contributed by atoms with Gasteiger partial charge in [0.1, 0.15) is 0 Å². The van der Waals surface area contributed by atoms with E-state index >= 15 is 0 Å². The number of rotatable bonds is 2. The van der Waals surface area contributed by atoms with Gasteiger partial charge >= 0.3 is 0 Å². The Morgan fingerprint density at radius 2 is 2.56 bits per heavy atom. The van der Waals surface area contributed by atoms with Gasteiger partial charge in [0.15, 0.2) is 0 Å². The van der Waals surface area contributed by atoms with Crippen LogP contribution in [0.1, 0.15) is 6.42 Å². The average Bonchev–Trinajstić information content (AvgIpc) is 2.17. The highest BCUT2D eigenvalue weighted by molar-refractivity contribution is 7.98. The third kappa shape index (κ3) is 2.16. The summed E-state index contributed by atoms with van der Waals surface area (Å²) in [5.41, 5.74) is 0. The lowest BCUT2D eigenvalue weighted by Crippen LogP contribution is -2.23. The van der Waals surface area contributed by atoms with E-state index in [-0.39, 0.29) is 6.10 Å². The zero-order chi connectivity index (χ0) is 6.69. The number of β-amino-alcohol motifs (C(OH)–C–C–N with tert-alkyl or cyclic N) is 1. The van der Waals surface area contributed by atoms with Gasteiger partial charge in [-0.1, -0.05) is 0 Å². The fraction of sp³-hybridized carbons (Fsp3) is 1.00. The van der Waals surface area contributed by atoms with Crippen LogP contribution in [0.15, 0.2) is 0 Å². The van der Waals surface area contributed by atoms with Crippen LogP contribution in [-0.2, 0) is 0 Å². The topological polar surface area (TPSA) is 32.3 Å². The Balaban J connectivity index is 2.14. The first-order chi connectivity index (χ1) is 4.33. The summed E-state index contributed by atoms with van der Waals surface area (Å²) in [6, 6.07) is 0.551. The van der Waals surface area contributed by atoms with Crippen molar-refractivity contribution in [2.45, 2.75) is 18.6 Å². The smallest absolute Gasteiger partial charge is 0.0679 e. The van der Waals surface area contributed by atoms with Crippen molar-refractivity contribution in [2.24, 2.45) is 0 Å². The SMILES string of the molecule is CSCC1CC(O)CN1. The van der Waals surface area contributed by atoms with E-state index in [0.29, 0.717) is 6.04 Å². The summed E-state index contributed by atoms with van der Waals surface area (Å²) >= 11 is 1.83. The van der Waals surface area contributed by atoms with E-state index in [2.05, 4.69) is 11.6 Å². The third-order valence-electron chi connectivity index (χ3n) is 1.57. The van der Waals surface area contributed by atoms with Crippen molar-refractivity contribution >= 4 is 11.8 Å². The molecule has 1 heterocycles. The zero-order valence-electron chi connectivity index (χ0n) is 5.63. The fourth-order valence-corrected chi connectivity index (χ4v) is 1.78. The van der Waals surface area contributed by atoms with E-state index in [1.807, 2.05) is 11.8 Å². The van der Waals surface area contributed by atoms with Crippen molar-refractivity contribution < 1.29 is 5.11 Å². The summed E-state index contributed by atoms with van der Waals surface area (Å²) < 4.78 is 0. The Kier molecular flexibility index (Phi) is 2.82. The number of thioether (sulfide) groups is 1. The molecule has 1 aliphatic heterocycles. The van der Waals surface area contributed by atoms with E-state index < -0.39 is 0 Å². The van der Waals surface area contributed by atoms with Crippen molar-refractivity contribution in [1.82, 2.24) is 5.32 Å². The van der Waals surface area contributed by atoms with Gasteiger partial charge in [-0.2, -0.15) is 11.8 Å². The molecule has 0 aromatic carbocycles. The minimum atomic E-state index is -0.0952. The molecule has 1 fully saturated rings. The Morgan fingerprint density at radius 3 is 3.00 bits per heavy atom. The second-order valence-corrected chi connectivity index (χ2v) is 3.36. The van der Waals surface area contributed by atoms with E-state index in [1.54, 1.807) is 0 Å². The molecule has 0 aromatic rings. The zero-order valence-corrected chi connectivity index (χ0v) is 6.45. The van der Waals surface area contributed by atoms with Crippen LogP contribution in [0.2, 0.25) is 0 Å². The molecule has 1 aliphatic rings. The highest BCUT2D eigenvalue weighted by Crippen LogP contribution is 2.09. The summed E-state index contributed by atoms with van der Waals surface area (Å²) in [5, 5.41) is 12.3. The van der Waals surface area contributed by atoms with Crippen LogP contribution >= 0.6 is 11.8 Å². The van der Waals surface area contributed by atoms with Crippen LogP contribution in [0.4, 0.5) is 0 Å². The van der Waals surface area contributed by atoms with Crippen molar-refractivity contribution in [2.75, 3.05) is 18.6 Å². The molecule has 0 aliphatic carbocycles. The molecule has 0 saturated carbocycles. The van der Waals surface area contributed by atoms with E-state index in [0.717, 1.165) is 18.7 Å². The third-order valence-corrected chi connectivity index (χ3v) is 2.30. The molecular weight excluding hydrogens is 134 g/mol. The quantitative estimate of drug-likeness (QED) is 0.580. The van der Waals surface area contributed by atoms with Crippen LogP contribution < -0.4 is 5.32 Å². The maximum absolute atomic E-state index is 9.05. The molecule has 0 amide bonds. The highest BCUT2D eigenvalue weighted by Gasteiger charge is 2.20. The monoisotopic (exact) mass is 147 g/mol. The molecule has 2 atom stereocenters. The van der Waals surface area contributed by atoms with Crippen LogP contribution in [-0.4, -0.2) is 35.8 Å². The molecule has 2 unspecified atom stereocenters. The predicted octanol–water partition coefficient (Wildman–Crippen LogP) is 0.0722. The predicted molar refractivity (Wildman–Crippen MR) is 40.8 cm³/mol. The van der Waals surface area contributed by atoms with Crippen LogP contribution in [0.3, 0.4) is 0 Å². The van der Waals surface area contributed by atoms with E-state index in [1.165, 1.54) is 0 Å².